The van der Waals surface area contributed by atoms with Crippen molar-refractivity contribution >= 4 is 43.6 Å². The molecule has 68 heavy (non-hydrogen) atoms. The predicted octanol–water partition coefficient (Wildman–Crippen LogP) is 14.3. The molecular formula is C60H38N8. The minimum absolute atomic E-state index is 0.509. The van der Waals surface area contributed by atoms with Gasteiger partial charge in [0.25, 0.3) is 0 Å². The molecule has 0 aliphatic heterocycles. The lowest BCUT2D eigenvalue weighted by molar-refractivity contribution is 0.953. The second-order valence-electron chi connectivity index (χ2n) is 16.7. The third-order valence-electron chi connectivity index (χ3n) is 12.7. The van der Waals surface area contributed by atoms with Crippen molar-refractivity contribution in [3.63, 3.8) is 0 Å². The highest BCUT2D eigenvalue weighted by Gasteiger charge is 2.23. The Labute approximate surface area is 391 Å². The van der Waals surface area contributed by atoms with E-state index >= 15 is 0 Å². The molecule has 0 aliphatic carbocycles. The zero-order valence-corrected chi connectivity index (χ0v) is 36.5. The fourth-order valence-electron chi connectivity index (χ4n) is 9.47. The van der Waals surface area contributed by atoms with Gasteiger partial charge in [0.1, 0.15) is 0 Å². The van der Waals surface area contributed by atoms with Crippen molar-refractivity contribution in [2.24, 2.45) is 0 Å². The minimum atomic E-state index is 0.509. The van der Waals surface area contributed by atoms with E-state index in [2.05, 4.69) is 143 Å². The highest BCUT2D eigenvalue weighted by Crippen LogP contribution is 2.39. The third-order valence-corrected chi connectivity index (χ3v) is 12.7. The Hall–Kier alpha value is -9.40. The van der Waals surface area contributed by atoms with Gasteiger partial charge in [0.15, 0.2) is 29.1 Å². The highest BCUT2D eigenvalue weighted by molar-refractivity contribution is 6.11. The molecule has 0 fully saturated rings. The summed E-state index contributed by atoms with van der Waals surface area (Å²) in [4.78, 5) is 31.6. The monoisotopic (exact) mass is 870 g/mol. The molecule has 13 aromatic rings. The first-order valence-corrected chi connectivity index (χ1v) is 22.6. The first-order valence-electron chi connectivity index (χ1n) is 22.6. The average molecular weight is 871 g/mol. The van der Waals surface area contributed by atoms with E-state index in [1.165, 1.54) is 0 Å². The summed E-state index contributed by atoms with van der Waals surface area (Å²) >= 11 is 0. The van der Waals surface area contributed by atoms with Crippen molar-refractivity contribution in [3.05, 3.63) is 231 Å². The van der Waals surface area contributed by atoms with Gasteiger partial charge in [-0.15, -0.1) is 0 Å². The summed E-state index contributed by atoms with van der Waals surface area (Å²) in [5.74, 6) is 3.24. The second kappa shape index (κ2) is 16.2. The number of benzene rings is 9. The number of fused-ring (bicyclic) bond motifs is 6. The molecule has 9 aromatic carbocycles. The molecule has 0 saturated heterocycles. The Morgan fingerprint density at radius 2 is 0.618 bits per heavy atom. The normalized spacial score (nSPS) is 11.5. The summed E-state index contributed by atoms with van der Waals surface area (Å²) in [7, 11) is 0. The van der Waals surface area contributed by atoms with E-state index in [0.717, 1.165) is 88.2 Å². The molecule has 13 rings (SSSR count). The molecule has 0 saturated carbocycles. The number of hydrogen-bond donors (Lipinski definition) is 0. The number of aromatic nitrogens is 8. The van der Waals surface area contributed by atoms with Crippen molar-refractivity contribution in [3.8, 4) is 79.7 Å². The molecule has 8 heteroatoms. The Bertz CT molecular complexity index is 3900. The lowest BCUT2D eigenvalue weighted by Crippen LogP contribution is -2.07. The molecule has 0 radical (unpaired) electrons. The van der Waals surface area contributed by atoms with Gasteiger partial charge in [0.05, 0.1) is 27.8 Å². The van der Waals surface area contributed by atoms with E-state index in [1.54, 1.807) is 0 Å². The van der Waals surface area contributed by atoms with Crippen LogP contribution in [0, 0.1) is 0 Å². The number of nitrogens with zero attached hydrogens (tertiary/aromatic N) is 8. The maximum atomic E-state index is 5.41. The molecule has 0 N–H and O–H groups in total. The molecular weight excluding hydrogens is 833 g/mol. The van der Waals surface area contributed by atoms with Crippen LogP contribution >= 0.6 is 0 Å². The Balaban J connectivity index is 1.09. The third kappa shape index (κ3) is 6.70. The lowest BCUT2D eigenvalue weighted by Gasteiger charge is -2.16. The molecule has 318 valence electrons. The zero-order valence-electron chi connectivity index (χ0n) is 36.5. The van der Waals surface area contributed by atoms with Gasteiger partial charge in [-0.25, -0.2) is 19.9 Å². The zero-order chi connectivity index (χ0) is 45.0. The Morgan fingerprint density at radius 1 is 0.235 bits per heavy atom. The quantitative estimate of drug-likeness (QED) is 0.151. The van der Waals surface area contributed by atoms with Gasteiger partial charge >= 0.3 is 0 Å². The standard InChI is InChI=1S/C60H38N8/c1-5-19-39(20-6-1)43-33-35-48-47-29-15-18-32-52(47)68(54(48)38-43)60-65-57(42-25-11-4-12-26-42)62-58(66-60)44-34-36-53(67-50-30-16-13-27-45(50)46-28-14-17-31-51(46)67)49(37-44)59-63-55(40-21-7-2-8-22-40)61-56(64-59)41-23-9-3-10-24-41/h1-38H. The van der Waals surface area contributed by atoms with Crippen molar-refractivity contribution in [2.75, 3.05) is 0 Å². The first kappa shape index (κ1) is 39.0. The van der Waals surface area contributed by atoms with Gasteiger partial charge < -0.3 is 4.57 Å². The number of hydrogen-bond acceptors (Lipinski definition) is 6. The van der Waals surface area contributed by atoms with Crippen LogP contribution in [0.15, 0.2) is 231 Å². The fraction of sp³-hybridized carbons (Fsp3) is 0. The smallest absolute Gasteiger partial charge is 0.238 e. The van der Waals surface area contributed by atoms with Crippen LogP contribution in [0.3, 0.4) is 0 Å². The molecule has 0 aliphatic rings. The molecule has 0 bridgehead atoms. The first-order chi connectivity index (χ1) is 33.7. The van der Waals surface area contributed by atoms with Crippen molar-refractivity contribution < 1.29 is 0 Å². The van der Waals surface area contributed by atoms with E-state index < -0.39 is 0 Å². The summed E-state index contributed by atoms with van der Waals surface area (Å²) in [6, 6.07) is 79.3. The average Bonchev–Trinajstić information content (AvgIpc) is 3.94. The van der Waals surface area contributed by atoms with Gasteiger partial charge in [0, 0.05) is 49.4 Å². The summed E-state index contributed by atoms with van der Waals surface area (Å²) in [5.41, 5.74) is 11.5. The maximum Gasteiger partial charge on any atom is 0.238 e. The van der Waals surface area contributed by atoms with Crippen LogP contribution in [0.4, 0.5) is 0 Å². The molecule has 0 amide bonds. The van der Waals surface area contributed by atoms with Crippen LogP contribution in [0.1, 0.15) is 0 Å². The highest BCUT2D eigenvalue weighted by atomic mass is 15.2. The predicted molar refractivity (Wildman–Crippen MR) is 275 cm³/mol. The molecule has 0 atom stereocenters. The van der Waals surface area contributed by atoms with Crippen molar-refractivity contribution in [2.45, 2.75) is 0 Å². The van der Waals surface area contributed by atoms with Crippen LogP contribution < -0.4 is 0 Å². The summed E-state index contributed by atoms with van der Waals surface area (Å²) in [5, 5.41) is 4.53. The van der Waals surface area contributed by atoms with Gasteiger partial charge in [0.2, 0.25) is 5.95 Å². The topological polar surface area (TPSA) is 87.2 Å². The molecule has 8 nitrogen and oxygen atoms in total. The van der Waals surface area contributed by atoms with E-state index in [0.29, 0.717) is 35.1 Å². The maximum absolute atomic E-state index is 5.41. The molecule has 4 aromatic heterocycles. The molecule has 0 spiro atoms. The van der Waals surface area contributed by atoms with Gasteiger partial charge in [-0.05, 0) is 53.6 Å². The van der Waals surface area contributed by atoms with Crippen LogP contribution in [0.2, 0.25) is 0 Å². The van der Waals surface area contributed by atoms with E-state index in [9.17, 15) is 0 Å². The minimum Gasteiger partial charge on any atom is -0.309 e. The van der Waals surface area contributed by atoms with E-state index in [1.807, 2.05) is 97.1 Å². The summed E-state index contributed by atoms with van der Waals surface area (Å²) in [6.07, 6.45) is 0. The Kier molecular flexibility index (Phi) is 9.31. The van der Waals surface area contributed by atoms with Crippen molar-refractivity contribution in [1.29, 1.82) is 0 Å². The summed E-state index contributed by atoms with van der Waals surface area (Å²) in [6.45, 7) is 0. The fourth-order valence-corrected chi connectivity index (χ4v) is 9.47. The van der Waals surface area contributed by atoms with Gasteiger partial charge in [-0.3, -0.25) is 4.57 Å². The largest absolute Gasteiger partial charge is 0.309 e. The van der Waals surface area contributed by atoms with Crippen LogP contribution in [0.25, 0.3) is 123 Å². The lowest BCUT2D eigenvalue weighted by atomic mass is 10.0. The Morgan fingerprint density at radius 3 is 1.13 bits per heavy atom. The van der Waals surface area contributed by atoms with E-state index in [4.69, 9.17) is 29.9 Å². The van der Waals surface area contributed by atoms with Gasteiger partial charge in [-0.1, -0.05) is 188 Å². The summed E-state index contributed by atoms with van der Waals surface area (Å²) < 4.78 is 4.49. The van der Waals surface area contributed by atoms with E-state index in [-0.39, 0.29) is 0 Å². The number of rotatable bonds is 8. The number of para-hydroxylation sites is 3. The van der Waals surface area contributed by atoms with Crippen LogP contribution in [0.5, 0.6) is 0 Å². The molecule has 4 heterocycles. The second-order valence-corrected chi connectivity index (χ2v) is 16.7. The van der Waals surface area contributed by atoms with Crippen molar-refractivity contribution in [1.82, 2.24) is 39.0 Å². The van der Waals surface area contributed by atoms with Crippen LogP contribution in [-0.2, 0) is 0 Å². The van der Waals surface area contributed by atoms with Gasteiger partial charge in [-0.2, -0.15) is 9.97 Å². The molecule has 0 unspecified atom stereocenters. The SMILES string of the molecule is c1ccc(-c2ccc3c4ccccc4n(-c4nc(-c5ccccc5)nc(-c5ccc(-n6c7ccccc7c7ccccc76)c(-c6nc(-c7ccccc7)nc(-c7ccccc7)n6)c5)n4)c3c2)cc1. The van der Waals surface area contributed by atoms with Crippen LogP contribution in [-0.4, -0.2) is 39.0 Å².